The summed E-state index contributed by atoms with van der Waals surface area (Å²) in [6, 6.07) is 7.54. The molecule has 7 nitrogen and oxygen atoms in total. The SMILES string of the molecule is Cn1cc(C#N)c(NS(=O)(=O)c2cc(C#N)ccc2Cl)n1. The van der Waals surface area contributed by atoms with Crippen molar-refractivity contribution in [2.75, 3.05) is 4.72 Å². The molecule has 9 heteroatoms. The molecule has 1 heterocycles. The van der Waals surface area contributed by atoms with Gasteiger partial charge >= 0.3 is 0 Å². The zero-order valence-corrected chi connectivity index (χ0v) is 12.3. The fourth-order valence-electron chi connectivity index (χ4n) is 1.61. The lowest BCUT2D eigenvalue weighted by Crippen LogP contribution is -2.15. The Kier molecular flexibility index (Phi) is 3.85. The van der Waals surface area contributed by atoms with Gasteiger partial charge in [0.2, 0.25) is 0 Å². The molecule has 1 aromatic carbocycles. The zero-order chi connectivity index (χ0) is 15.6. The van der Waals surface area contributed by atoms with E-state index in [0.717, 1.165) is 6.07 Å². The van der Waals surface area contributed by atoms with Crippen molar-refractivity contribution in [2.45, 2.75) is 4.90 Å². The Labute approximate surface area is 126 Å². The van der Waals surface area contributed by atoms with Crippen LogP contribution in [0.3, 0.4) is 0 Å². The van der Waals surface area contributed by atoms with Crippen LogP contribution in [0.4, 0.5) is 5.82 Å². The molecule has 2 rings (SSSR count). The third-order valence-electron chi connectivity index (χ3n) is 2.53. The van der Waals surface area contributed by atoms with E-state index in [1.807, 2.05) is 12.1 Å². The van der Waals surface area contributed by atoms with Crippen LogP contribution in [-0.2, 0) is 17.1 Å². The van der Waals surface area contributed by atoms with Crippen molar-refractivity contribution < 1.29 is 8.42 Å². The van der Waals surface area contributed by atoms with Gasteiger partial charge in [-0.15, -0.1) is 0 Å². The Morgan fingerprint density at radius 3 is 2.67 bits per heavy atom. The maximum atomic E-state index is 12.3. The fraction of sp³-hybridized carbons (Fsp3) is 0.0833. The Bertz CT molecular complexity index is 889. The summed E-state index contributed by atoms with van der Waals surface area (Å²) >= 11 is 5.86. The van der Waals surface area contributed by atoms with E-state index in [9.17, 15) is 8.42 Å². The van der Waals surface area contributed by atoms with Crippen LogP contribution in [0.1, 0.15) is 11.1 Å². The third kappa shape index (κ3) is 2.97. The molecule has 0 fully saturated rings. The monoisotopic (exact) mass is 321 g/mol. The number of aryl methyl sites for hydroxylation is 1. The van der Waals surface area contributed by atoms with Crippen LogP contribution in [0.2, 0.25) is 5.02 Å². The Balaban J connectivity index is 2.49. The molecule has 0 atom stereocenters. The van der Waals surface area contributed by atoms with Gasteiger partial charge in [-0.3, -0.25) is 9.40 Å². The number of benzene rings is 1. The molecule has 0 aliphatic heterocycles. The Morgan fingerprint density at radius 1 is 1.33 bits per heavy atom. The summed E-state index contributed by atoms with van der Waals surface area (Å²) < 4.78 is 28.1. The molecular formula is C12H8ClN5O2S. The predicted molar refractivity (Wildman–Crippen MR) is 74.9 cm³/mol. The summed E-state index contributed by atoms with van der Waals surface area (Å²) in [5.41, 5.74) is 0.231. The van der Waals surface area contributed by atoms with Crippen LogP contribution in [0, 0.1) is 22.7 Å². The quantitative estimate of drug-likeness (QED) is 0.923. The number of rotatable bonds is 3. The van der Waals surface area contributed by atoms with Crippen molar-refractivity contribution in [3.05, 3.63) is 40.5 Å². The molecule has 0 unspecified atom stereocenters. The van der Waals surface area contributed by atoms with Crippen LogP contribution in [0.5, 0.6) is 0 Å². The highest BCUT2D eigenvalue weighted by molar-refractivity contribution is 7.92. The van der Waals surface area contributed by atoms with Crippen LogP contribution in [0.25, 0.3) is 0 Å². The van der Waals surface area contributed by atoms with Crippen LogP contribution >= 0.6 is 11.6 Å². The number of sulfonamides is 1. The van der Waals surface area contributed by atoms with E-state index in [4.69, 9.17) is 22.1 Å². The second-order valence-corrected chi connectivity index (χ2v) is 6.10. The van der Waals surface area contributed by atoms with Crippen molar-refractivity contribution >= 4 is 27.4 Å². The molecule has 0 saturated heterocycles. The van der Waals surface area contributed by atoms with E-state index >= 15 is 0 Å². The van der Waals surface area contributed by atoms with Crippen LogP contribution < -0.4 is 4.72 Å². The molecule has 0 saturated carbocycles. The predicted octanol–water partition coefficient (Wildman–Crippen LogP) is 1.62. The van der Waals surface area contributed by atoms with Gasteiger partial charge in [-0.1, -0.05) is 11.6 Å². The molecule has 106 valence electrons. The Morgan fingerprint density at radius 2 is 2.05 bits per heavy atom. The molecule has 0 amide bonds. The molecule has 21 heavy (non-hydrogen) atoms. The average molecular weight is 322 g/mol. The molecule has 0 spiro atoms. The van der Waals surface area contributed by atoms with E-state index in [0.29, 0.717) is 0 Å². The van der Waals surface area contributed by atoms with E-state index < -0.39 is 10.0 Å². The summed E-state index contributed by atoms with van der Waals surface area (Å²) in [5.74, 6) is -0.0987. The summed E-state index contributed by atoms with van der Waals surface area (Å²) in [7, 11) is -2.50. The number of halogens is 1. The lowest BCUT2D eigenvalue weighted by atomic mass is 10.2. The average Bonchev–Trinajstić information content (AvgIpc) is 2.78. The Hall–Kier alpha value is -2.55. The highest BCUT2D eigenvalue weighted by atomic mass is 35.5. The van der Waals surface area contributed by atoms with Crippen molar-refractivity contribution in [3.63, 3.8) is 0 Å². The van der Waals surface area contributed by atoms with Crippen LogP contribution in [-0.4, -0.2) is 18.2 Å². The molecule has 0 radical (unpaired) electrons. The molecule has 1 N–H and O–H groups in total. The van der Waals surface area contributed by atoms with E-state index in [1.54, 1.807) is 7.05 Å². The van der Waals surface area contributed by atoms with Gasteiger partial charge in [-0.05, 0) is 18.2 Å². The zero-order valence-electron chi connectivity index (χ0n) is 10.7. The molecule has 0 aliphatic rings. The maximum Gasteiger partial charge on any atom is 0.264 e. The number of aromatic nitrogens is 2. The second-order valence-electron chi connectivity index (χ2n) is 4.04. The second kappa shape index (κ2) is 5.44. The van der Waals surface area contributed by atoms with Crippen molar-refractivity contribution in [3.8, 4) is 12.1 Å². The molecule has 0 aliphatic carbocycles. The van der Waals surface area contributed by atoms with Gasteiger partial charge in [0.1, 0.15) is 16.5 Å². The smallest absolute Gasteiger partial charge is 0.264 e. The first-order valence-electron chi connectivity index (χ1n) is 5.53. The number of hydrogen-bond acceptors (Lipinski definition) is 5. The first-order chi connectivity index (χ1) is 9.87. The largest absolute Gasteiger partial charge is 0.272 e. The highest BCUT2D eigenvalue weighted by Gasteiger charge is 2.21. The topological polar surface area (TPSA) is 112 Å². The third-order valence-corrected chi connectivity index (χ3v) is 4.35. The first-order valence-corrected chi connectivity index (χ1v) is 7.39. The first kappa shape index (κ1) is 14.9. The van der Waals surface area contributed by atoms with Gasteiger partial charge in [0, 0.05) is 13.2 Å². The van der Waals surface area contributed by atoms with Gasteiger partial charge in [0.05, 0.1) is 16.7 Å². The van der Waals surface area contributed by atoms with Gasteiger partial charge < -0.3 is 0 Å². The summed E-state index contributed by atoms with van der Waals surface area (Å²) in [6.07, 6.45) is 1.38. The number of nitrogens with zero attached hydrogens (tertiary/aromatic N) is 4. The molecule has 2 aromatic rings. The highest BCUT2D eigenvalue weighted by Crippen LogP contribution is 2.25. The lowest BCUT2D eigenvalue weighted by Gasteiger charge is -2.08. The van der Waals surface area contributed by atoms with Gasteiger partial charge in [-0.25, -0.2) is 8.42 Å². The summed E-state index contributed by atoms with van der Waals surface area (Å²) in [5, 5.41) is 21.6. The van der Waals surface area contributed by atoms with Crippen LogP contribution in [0.15, 0.2) is 29.3 Å². The molecule has 1 aromatic heterocycles. The molecule has 0 bridgehead atoms. The summed E-state index contributed by atoms with van der Waals surface area (Å²) in [6.45, 7) is 0. The minimum atomic E-state index is -4.06. The molecular weight excluding hydrogens is 314 g/mol. The van der Waals surface area contributed by atoms with E-state index in [-0.39, 0.29) is 26.9 Å². The normalized spacial score (nSPS) is 10.7. The fourth-order valence-corrected chi connectivity index (χ4v) is 3.15. The van der Waals surface area contributed by atoms with E-state index in [1.165, 1.54) is 23.0 Å². The summed E-state index contributed by atoms with van der Waals surface area (Å²) in [4.78, 5) is -0.252. The lowest BCUT2D eigenvalue weighted by molar-refractivity contribution is 0.601. The van der Waals surface area contributed by atoms with E-state index in [2.05, 4.69) is 9.82 Å². The van der Waals surface area contributed by atoms with Gasteiger partial charge in [0.15, 0.2) is 5.82 Å². The van der Waals surface area contributed by atoms with Gasteiger partial charge in [0.25, 0.3) is 10.0 Å². The number of anilines is 1. The number of nitrogens with one attached hydrogen (secondary N) is 1. The standard InChI is InChI=1S/C12H8ClN5O2S/c1-18-7-9(6-15)12(16-18)17-21(19,20)11-4-8(5-14)2-3-10(11)13/h2-4,7H,1H3,(H,16,17). The van der Waals surface area contributed by atoms with Crippen molar-refractivity contribution in [2.24, 2.45) is 7.05 Å². The van der Waals surface area contributed by atoms with Crippen molar-refractivity contribution in [1.82, 2.24) is 9.78 Å². The minimum Gasteiger partial charge on any atom is -0.272 e. The number of hydrogen-bond donors (Lipinski definition) is 1. The number of nitriles is 2. The maximum absolute atomic E-state index is 12.3. The minimum absolute atomic E-state index is 0.0315. The van der Waals surface area contributed by atoms with Crippen molar-refractivity contribution in [1.29, 1.82) is 10.5 Å². The van der Waals surface area contributed by atoms with Gasteiger partial charge in [-0.2, -0.15) is 15.6 Å².